The van der Waals surface area contributed by atoms with E-state index in [1.165, 1.54) is 16.9 Å². The lowest BCUT2D eigenvalue weighted by molar-refractivity contribution is 0.0933. The number of amides is 1. The third kappa shape index (κ3) is 6.25. The Labute approximate surface area is 155 Å². The van der Waals surface area contributed by atoms with Crippen molar-refractivity contribution < 1.29 is 4.79 Å². The number of likely N-dealkylation sites (N-methyl/N-ethyl adjacent to an activating group) is 1. The second-order valence-electron chi connectivity index (χ2n) is 7.24. The van der Waals surface area contributed by atoms with Crippen LogP contribution in [0.5, 0.6) is 0 Å². The number of nitrogens with one attached hydrogen (secondary N) is 1. The smallest absolute Gasteiger partial charge is 0.263 e. The summed E-state index contributed by atoms with van der Waals surface area (Å²) in [6.07, 6.45) is 1.74. The Kier molecular flexibility index (Phi) is 7.14. The van der Waals surface area contributed by atoms with Gasteiger partial charge in [0.25, 0.3) is 5.91 Å². The Morgan fingerprint density at radius 2 is 1.88 bits per heavy atom. The molecule has 0 saturated carbocycles. The molecule has 0 bridgehead atoms. The van der Waals surface area contributed by atoms with Crippen LogP contribution in [0.25, 0.3) is 0 Å². The Hall–Kier alpha value is -1.72. The molecule has 1 N–H and O–H groups in total. The van der Waals surface area contributed by atoms with Gasteiger partial charge in [-0.1, -0.05) is 44.2 Å². The summed E-state index contributed by atoms with van der Waals surface area (Å²) >= 11 is 1.53. The predicted octanol–water partition coefficient (Wildman–Crippen LogP) is 3.55. The fraction of sp³-hybridized carbons (Fsp3) is 0.500. The van der Waals surface area contributed by atoms with Crippen LogP contribution in [-0.4, -0.2) is 42.5 Å². The minimum Gasteiger partial charge on any atom is -0.347 e. The Bertz CT molecular complexity index is 680. The molecule has 1 heterocycles. The van der Waals surface area contributed by atoms with Gasteiger partial charge in [-0.05, 0) is 38.9 Å². The highest BCUT2D eigenvalue weighted by atomic mass is 32.1. The first-order valence-electron chi connectivity index (χ1n) is 8.81. The summed E-state index contributed by atoms with van der Waals surface area (Å²) in [4.78, 5) is 20.2. The van der Waals surface area contributed by atoms with E-state index < -0.39 is 0 Å². The summed E-state index contributed by atoms with van der Waals surface area (Å²) in [6.45, 7) is 7.07. The molecule has 4 nitrogen and oxygen atoms in total. The fourth-order valence-corrected chi connectivity index (χ4v) is 4.03. The standard InChI is InChI=1S/C20H29N3OS/c1-14(2)11-18-21-15(3)19(25-18)20(24)22-17(13-23(4)5)12-16-9-7-6-8-10-16/h6-10,14,17H,11-13H2,1-5H3,(H,22,24). The van der Waals surface area contributed by atoms with E-state index in [0.717, 1.165) is 35.0 Å². The topological polar surface area (TPSA) is 45.2 Å². The van der Waals surface area contributed by atoms with Crippen LogP contribution in [0.2, 0.25) is 0 Å². The second kappa shape index (κ2) is 9.11. The number of thiazole rings is 1. The van der Waals surface area contributed by atoms with E-state index in [2.05, 4.69) is 41.2 Å². The van der Waals surface area contributed by atoms with Crippen LogP contribution in [0.15, 0.2) is 30.3 Å². The fourth-order valence-electron chi connectivity index (χ4n) is 2.85. The van der Waals surface area contributed by atoms with Crippen molar-refractivity contribution in [2.24, 2.45) is 5.92 Å². The average molecular weight is 360 g/mol. The summed E-state index contributed by atoms with van der Waals surface area (Å²) in [5, 5.41) is 4.26. The third-order valence-electron chi connectivity index (χ3n) is 3.88. The molecule has 0 radical (unpaired) electrons. The van der Waals surface area contributed by atoms with E-state index in [-0.39, 0.29) is 11.9 Å². The summed E-state index contributed by atoms with van der Waals surface area (Å²) in [6, 6.07) is 10.4. The summed E-state index contributed by atoms with van der Waals surface area (Å²) in [7, 11) is 4.06. The molecular formula is C20H29N3OS. The maximum absolute atomic E-state index is 12.8. The van der Waals surface area contributed by atoms with Gasteiger partial charge in [0.1, 0.15) is 4.88 Å². The molecule has 2 aromatic rings. The molecule has 25 heavy (non-hydrogen) atoms. The molecule has 1 amide bonds. The van der Waals surface area contributed by atoms with Crippen LogP contribution in [0, 0.1) is 12.8 Å². The number of aromatic nitrogens is 1. The molecule has 0 saturated heterocycles. The summed E-state index contributed by atoms with van der Waals surface area (Å²) in [5.74, 6) is 0.536. The first-order valence-corrected chi connectivity index (χ1v) is 9.62. The van der Waals surface area contributed by atoms with E-state index in [1.54, 1.807) is 0 Å². The lowest BCUT2D eigenvalue weighted by atomic mass is 10.1. The minimum absolute atomic E-state index is 0.00668. The molecule has 0 aliphatic carbocycles. The zero-order chi connectivity index (χ0) is 18.4. The molecule has 5 heteroatoms. The summed E-state index contributed by atoms with van der Waals surface area (Å²) < 4.78 is 0. The van der Waals surface area contributed by atoms with E-state index >= 15 is 0 Å². The van der Waals surface area contributed by atoms with Gasteiger partial charge >= 0.3 is 0 Å². The van der Waals surface area contributed by atoms with Crippen molar-refractivity contribution in [2.75, 3.05) is 20.6 Å². The van der Waals surface area contributed by atoms with Crippen LogP contribution in [0.4, 0.5) is 0 Å². The second-order valence-corrected chi connectivity index (χ2v) is 8.33. The van der Waals surface area contributed by atoms with E-state index in [0.29, 0.717) is 5.92 Å². The predicted molar refractivity (Wildman–Crippen MR) is 105 cm³/mol. The number of rotatable bonds is 8. The highest BCUT2D eigenvalue weighted by Gasteiger charge is 2.20. The van der Waals surface area contributed by atoms with Gasteiger partial charge in [-0.3, -0.25) is 4.79 Å². The number of carbonyl (C=O) groups excluding carboxylic acids is 1. The van der Waals surface area contributed by atoms with Gasteiger partial charge < -0.3 is 10.2 Å². The largest absolute Gasteiger partial charge is 0.347 e. The highest BCUT2D eigenvalue weighted by molar-refractivity contribution is 7.13. The van der Waals surface area contributed by atoms with Gasteiger partial charge in [-0.15, -0.1) is 11.3 Å². The molecule has 0 fully saturated rings. The number of hydrogen-bond donors (Lipinski definition) is 1. The zero-order valence-corrected chi connectivity index (χ0v) is 16.7. The number of carbonyl (C=O) groups is 1. The van der Waals surface area contributed by atoms with Crippen LogP contribution in [0.3, 0.4) is 0 Å². The minimum atomic E-state index is -0.00668. The molecule has 136 valence electrons. The van der Waals surface area contributed by atoms with Crippen LogP contribution in [0.1, 0.15) is 39.8 Å². The molecule has 0 spiro atoms. The van der Waals surface area contributed by atoms with Crippen molar-refractivity contribution in [3.63, 3.8) is 0 Å². The van der Waals surface area contributed by atoms with Crippen molar-refractivity contribution in [3.05, 3.63) is 51.5 Å². The summed E-state index contributed by atoms with van der Waals surface area (Å²) in [5.41, 5.74) is 2.07. The van der Waals surface area contributed by atoms with Crippen LogP contribution < -0.4 is 5.32 Å². The Morgan fingerprint density at radius 1 is 1.20 bits per heavy atom. The van der Waals surface area contributed by atoms with Crippen LogP contribution >= 0.6 is 11.3 Å². The van der Waals surface area contributed by atoms with Crippen LogP contribution in [-0.2, 0) is 12.8 Å². The zero-order valence-electron chi connectivity index (χ0n) is 15.9. The number of benzene rings is 1. The van der Waals surface area contributed by atoms with Gasteiger partial charge in [0.2, 0.25) is 0 Å². The lowest BCUT2D eigenvalue weighted by Crippen LogP contribution is -2.43. The lowest BCUT2D eigenvalue weighted by Gasteiger charge is -2.22. The van der Waals surface area contributed by atoms with Gasteiger partial charge in [-0.2, -0.15) is 0 Å². The number of hydrogen-bond acceptors (Lipinski definition) is 4. The quantitative estimate of drug-likeness (QED) is 0.784. The first kappa shape index (κ1) is 19.6. The first-order chi connectivity index (χ1) is 11.8. The normalized spacial score (nSPS) is 12.6. The van der Waals surface area contributed by atoms with Crippen molar-refractivity contribution in [1.29, 1.82) is 0 Å². The average Bonchev–Trinajstić information content (AvgIpc) is 2.87. The van der Waals surface area contributed by atoms with Gasteiger partial charge in [0.05, 0.1) is 10.7 Å². The van der Waals surface area contributed by atoms with Gasteiger partial charge in [0, 0.05) is 19.0 Å². The molecule has 2 rings (SSSR count). The van der Waals surface area contributed by atoms with E-state index in [9.17, 15) is 4.79 Å². The van der Waals surface area contributed by atoms with Crippen molar-refractivity contribution in [2.45, 2.75) is 39.7 Å². The number of nitrogens with zero attached hydrogens (tertiary/aromatic N) is 2. The van der Waals surface area contributed by atoms with Gasteiger partial charge in [-0.25, -0.2) is 4.98 Å². The van der Waals surface area contributed by atoms with Crippen molar-refractivity contribution in [1.82, 2.24) is 15.2 Å². The molecular weight excluding hydrogens is 330 g/mol. The number of aryl methyl sites for hydroxylation is 1. The Morgan fingerprint density at radius 3 is 2.48 bits per heavy atom. The molecule has 1 unspecified atom stereocenters. The molecule has 1 aromatic carbocycles. The van der Waals surface area contributed by atoms with Crippen molar-refractivity contribution in [3.8, 4) is 0 Å². The molecule has 0 aliphatic heterocycles. The van der Waals surface area contributed by atoms with E-state index in [1.807, 2.05) is 39.2 Å². The van der Waals surface area contributed by atoms with Crippen molar-refractivity contribution >= 4 is 17.2 Å². The molecule has 0 aliphatic rings. The Balaban J connectivity index is 2.09. The van der Waals surface area contributed by atoms with E-state index in [4.69, 9.17) is 0 Å². The van der Waals surface area contributed by atoms with Gasteiger partial charge in [0.15, 0.2) is 0 Å². The molecule has 1 aromatic heterocycles. The highest BCUT2D eigenvalue weighted by Crippen LogP contribution is 2.21. The monoisotopic (exact) mass is 359 g/mol. The third-order valence-corrected chi connectivity index (χ3v) is 5.05. The maximum atomic E-state index is 12.8. The molecule has 1 atom stereocenters. The SMILES string of the molecule is Cc1nc(CC(C)C)sc1C(=O)NC(Cc1ccccc1)CN(C)C. The maximum Gasteiger partial charge on any atom is 0.263 e.